The van der Waals surface area contributed by atoms with Gasteiger partial charge in [-0.2, -0.15) is 0 Å². The quantitative estimate of drug-likeness (QED) is 0.207. The smallest absolute Gasteiger partial charge is 0.343 e. The Kier molecular flexibility index (Phi) is 18.9. The number of hydrogen-bond acceptors (Lipinski definition) is 3. The lowest BCUT2D eigenvalue weighted by Gasteiger charge is -2.05. The van der Waals surface area contributed by atoms with Gasteiger partial charge in [-0.1, -0.05) is 103 Å². The molecule has 0 aliphatic heterocycles. The van der Waals surface area contributed by atoms with E-state index in [4.69, 9.17) is 10.2 Å². The largest absolute Gasteiger partial charge is 0.479 e. The molecular weight excluding hydrogens is 320 g/mol. The van der Waals surface area contributed by atoms with E-state index in [0.717, 1.165) is 30.4 Å². The molecule has 0 aliphatic carbocycles. The third-order valence-corrected chi connectivity index (χ3v) is 5.53. The van der Waals surface area contributed by atoms with Crippen molar-refractivity contribution in [2.45, 2.75) is 115 Å². The van der Waals surface area contributed by atoms with Crippen LogP contribution in [0.3, 0.4) is 0 Å². The Morgan fingerprint density at radius 3 is 1.38 bits per heavy atom. The normalized spacial score (nSPS) is 12.4. The fourth-order valence-electron chi connectivity index (χ4n) is 2.92. The lowest BCUT2D eigenvalue weighted by molar-refractivity contribution is -0.141. The molecule has 0 amide bonds. The lowest BCUT2D eigenvalue weighted by Crippen LogP contribution is -2.15. The Balaban J connectivity index is 3.04. The van der Waals surface area contributed by atoms with Crippen molar-refractivity contribution in [3.8, 4) is 0 Å². The van der Waals surface area contributed by atoms with Gasteiger partial charge in [-0.3, -0.25) is 0 Å². The summed E-state index contributed by atoms with van der Waals surface area (Å²) in [7, 11) is 0. The predicted octanol–water partition coefficient (Wildman–Crippen LogP) is 6.38. The fraction of sp³-hybridized carbons (Fsp3) is 0.950. The van der Waals surface area contributed by atoms with E-state index in [1.165, 1.54) is 89.9 Å². The van der Waals surface area contributed by atoms with Gasteiger partial charge in [0.15, 0.2) is 5.44 Å². The van der Waals surface area contributed by atoms with Crippen molar-refractivity contribution in [1.29, 1.82) is 0 Å². The van der Waals surface area contributed by atoms with Gasteiger partial charge in [0.2, 0.25) is 0 Å². The Morgan fingerprint density at radius 1 is 0.708 bits per heavy atom. The number of unbranched alkanes of at least 4 members (excludes halogenated alkanes) is 15. The molecule has 0 aromatic rings. The third kappa shape index (κ3) is 18.1. The summed E-state index contributed by atoms with van der Waals surface area (Å²) in [5.74, 6) is -0.386. The number of aliphatic hydroxyl groups excluding tert-OH is 1. The average Bonchev–Trinajstić information content (AvgIpc) is 2.57. The van der Waals surface area contributed by atoms with Crippen molar-refractivity contribution in [2.75, 3.05) is 5.75 Å². The Morgan fingerprint density at radius 2 is 1.04 bits per heavy atom. The summed E-state index contributed by atoms with van der Waals surface area (Å²) in [5.41, 5.74) is -1.25. The molecule has 4 heteroatoms. The minimum Gasteiger partial charge on any atom is -0.479 e. The third-order valence-electron chi connectivity index (χ3n) is 4.48. The van der Waals surface area contributed by atoms with E-state index < -0.39 is 11.4 Å². The first-order valence-corrected chi connectivity index (χ1v) is 11.3. The molecule has 0 aromatic carbocycles. The molecule has 0 saturated carbocycles. The van der Waals surface area contributed by atoms with Crippen molar-refractivity contribution >= 4 is 17.7 Å². The number of carboxylic acids is 1. The van der Waals surface area contributed by atoms with Gasteiger partial charge in [0.1, 0.15) is 0 Å². The Hall–Kier alpha value is -0.220. The van der Waals surface area contributed by atoms with Gasteiger partial charge < -0.3 is 10.2 Å². The number of aliphatic hydroxyl groups is 1. The van der Waals surface area contributed by atoms with Crippen molar-refractivity contribution in [3.05, 3.63) is 0 Å². The van der Waals surface area contributed by atoms with E-state index in [1.54, 1.807) is 0 Å². The molecule has 0 fully saturated rings. The topological polar surface area (TPSA) is 57.5 Å². The number of rotatable bonds is 19. The number of carbonyl (C=O) groups is 1. The van der Waals surface area contributed by atoms with Crippen LogP contribution in [0.4, 0.5) is 0 Å². The van der Waals surface area contributed by atoms with Crippen LogP contribution in [0, 0.1) is 0 Å². The van der Waals surface area contributed by atoms with E-state index in [9.17, 15) is 4.79 Å². The van der Waals surface area contributed by atoms with Crippen molar-refractivity contribution in [1.82, 2.24) is 0 Å². The lowest BCUT2D eigenvalue weighted by atomic mass is 10.0. The zero-order chi connectivity index (χ0) is 17.9. The van der Waals surface area contributed by atoms with Crippen LogP contribution in [-0.4, -0.2) is 27.4 Å². The molecule has 144 valence electrons. The maximum atomic E-state index is 10.4. The second-order valence-electron chi connectivity index (χ2n) is 6.86. The van der Waals surface area contributed by atoms with Gasteiger partial charge in [0.05, 0.1) is 0 Å². The molecule has 0 heterocycles. The number of aliphatic carboxylic acids is 1. The molecular formula is C20H40O3S. The summed E-state index contributed by atoms with van der Waals surface area (Å²) < 4.78 is 0. The molecule has 1 unspecified atom stereocenters. The van der Waals surface area contributed by atoms with Gasteiger partial charge in [-0.05, 0) is 12.2 Å². The summed E-state index contributed by atoms with van der Waals surface area (Å²) in [6, 6.07) is 0. The minimum atomic E-state index is -1.25. The molecule has 2 N–H and O–H groups in total. The zero-order valence-electron chi connectivity index (χ0n) is 15.8. The number of thioether (sulfide) groups is 1. The van der Waals surface area contributed by atoms with Crippen LogP contribution < -0.4 is 0 Å². The van der Waals surface area contributed by atoms with Crippen LogP contribution in [0.2, 0.25) is 0 Å². The van der Waals surface area contributed by atoms with Crippen LogP contribution in [-0.2, 0) is 4.79 Å². The van der Waals surface area contributed by atoms with Gasteiger partial charge in [0.25, 0.3) is 0 Å². The SMILES string of the molecule is CCCCCCCCCCCCCCCCCCSC(O)C(=O)O. The first kappa shape index (κ1) is 23.8. The predicted molar refractivity (Wildman–Crippen MR) is 106 cm³/mol. The molecule has 0 bridgehead atoms. The summed E-state index contributed by atoms with van der Waals surface area (Å²) in [5, 5.41) is 17.7. The van der Waals surface area contributed by atoms with E-state index in [-0.39, 0.29) is 0 Å². The fourth-order valence-corrected chi connectivity index (χ4v) is 3.65. The highest BCUT2D eigenvalue weighted by atomic mass is 32.2. The second-order valence-corrected chi connectivity index (χ2v) is 8.05. The molecule has 0 spiro atoms. The molecule has 3 nitrogen and oxygen atoms in total. The molecule has 0 aliphatic rings. The Labute approximate surface area is 154 Å². The highest BCUT2D eigenvalue weighted by Gasteiger charge is 2.11. The molecule has 0 aromatic heterocycles. The first-order chi connectivity index (χ1) is 11.7. The minimum absolute atomic E-state index is 0.742. The highest BCUT2D eigenvalue weighted by molar-refractivity contribution is 8.00. The second kappa shape index (κ2) is 19.1. The summed E-state index contributed by atoms with van der Waals surface area (Å²) in [4.78, 5) is 10.4. The van der Waals surface area contributed by atoms with E-state index in [0.29, 0.717) is 0 Å². The summed E-state index contributed by atoms with van der Waals surface area (Å²) >= 11 is 1.13. The van der Waals surface area contributed by atoms with E-state index >= 15 is 0 Å². The van der Waals surface area contributed by atoms with Crippen LogP contribution in [0.1, 0.15) is 110 Å². The number of hydrogen-bond donors (Lipinski definition) is 2. The van der Waals surface area contributed by atoms with Crippen molar-refractivity contribution in [3.63, 3.8) is 0 Å². The van der Waals surface area contributed by atoms with Crippen LogP contribution in [0.15, 0.2) is 0 Å². The van der Waals surface area contributed by atoms with Crippen molar-refractivity contribution < 1.29 is 15.0 Å². The van der Waals surface area contributed by atoms with Crippen LogP contribution >= 0.6 is 11.8 Å². The maximum absolute atomic E-state index is 10.4. The van der Waals surface area contributed by atoms with Gasteiger partial charge in [0, 0.05) is 0 Å². The molecule has 0 rings (SSSR count). The molecule has 1 atom stereocenters. The standard InChI is InChI=1S/C20H40O3S/c1-2-3-4-5-6-7-8-9-10-11-12-13-14-15-16-17-18-24-20(23)19(21)22/h20,23H,2-18H2,1H3,(H,21,22). The van der Waals surface area contributed by atoms with Gasteiger partial charge in [-0.25, -0.2) is 4.79 Å². The molecule has 0 radical (unpaired) electrons. The van der Waals surface area contributed by atoms with Gasteiger partial charge >= 0.3 is 5.97 Å². The molecule has 24 heavy (non-hydrogen) atoms. The van der Waals surface area contributed by atoms with Gasteiger partial charge in [-0.15, -0.1) is 11.8 Å². The highest BCUT2D eigenvalue weighted by Crippen LogP contribution is 2.15. The number of carboxylic acid groups (broad SMARTS) is 1. The summed E-state index contributed by atoms with van der Waals surface area (Å²) in [6.45, 7) is 2.27. The average molecular weight is 361 g/mol. The van der Waals surface area contributed by atoms with Crippen LogP contribution in [0.25, 0.3) is 0 Å². The summed E-state index contributed by atoms with van der Waals surface area (Å²) in [6.07, 6.45) is 21.5. The van der Waals surface area contributed by atoms with E-state index in [2.05, 4.69) is 6.92 Å². The molecule has 0 saturated heterocycles. The monoisotopic (exact) mass is 360 g/mol. The van der Waals surface area contributed by atoms with Crippen molar-refractivity contribution in [2.24, 2.45) is 0 Å². The first-order valence-electron chi connectivity index (χ1n) is 10.2. The van der Waals surface area contributed by atoms with Crippen LogP contribution in [0.5, 0.6) is 0 Å². The maximum Gasteiger partial charge on any atom is 0.343 e. The zero-order valence-corrected chi connectivity index (χ0v) is 16.6. The van der Waals surface area contributed by atoms with E-state index in [1.807, 2.05) is 0 Å². The Bertz CT molecular complexity index is 272.